The predicted octanol–water partition coefficient (Wildman–Crippen LogP) is 1.58. The van der Waals surface area contributed by atoms with Gasteiger partial charge >= 0.3 is 0 Å². The smallest absolute Gasteiger partial charge is 0.136 e. The fourth-order valence-corrected chi connectivity index (χ4v) is 2.68. The zero-order chi connectivity index (χ0) is 8.72. The Kier molecular flexibility index (Phi) is 1.78. The van der Waals surface area contributed by atoms with Crippen LogP contribution in [0.3, 0.4) is 0 Å². The molecule has 2 heteroatoms. The maximum Gasteiger partial charge on any atom is 0.136 e. The summed E-state index contributed by atoms with van der Waals surface area (Å²) in [5, 5.41) is 0. The molecule has 0 bridgehead atoms. The molecule has 0 spiro atoms. The quantitative estimate of drug-likeness (QED) is 0.547. The van der Waals surface area contributed by atoms with Gasteiger partial charge in [0.05, 0.1) is 0 Å². The molecule has 2 aliphatic carbocycles. The van der Waals surface area contributed by atoms with Crippen LogP contribution in [0.25, 0.3) is 0 Å². The molecule has 0 saturated heterocycles. The maximum absolute atomic E-state index is 11.4. The molecule has 0 aromatic heterocycles. The van der Waals surface area contributed by atoms with Crippen molar-refractivity contribution >= 4 is 11.6 Å². The van der Waals surface area contributed by atoms with Crippen LogP contribution < -0.4 is 0 Å². The molecule has 0 aliphatic heterocycles. The lowest BCUT2D eigenvalue weighted by molar-refractivity contribution is -0.129. The van der Waals surface area contributed by atoms with Crippen molar-refractivity contribution in [2.45, 2.75) is 32.6 Å². The van der Waals surface area contributed by atoms with Crippen LogP contribution in [0.2, 0.25) is 0 Å². The first-order chi connectivity index (χ1) is 5.68. The molecular weight excluding hydrogens is 152 g/mol. The first kappa shape index (κ1) is 7.96. The van der Waals surface area contributed by atoms with Gasteiger partial charge in [-0.3, -0.25) is 9.59 Å². The largest absolute Gasteiger partial charge is 0.300 e. The third-order valence-corrected chi connectivity index (χ3v) is 3.39. The number of hydrogen-bond acceptors (Lipinski definition) is 2. The molecule has 12 heavy (non-hydrogen) atoms. The second-order valence-electron chi connectivity index (χ2n) is 4.20. The molecule has 0 aromatic carbocycles. The van der Waals surface area contributed by atoms with Crippen molar-refractivity contribution in [1.82, 2.24) is 0 Å². The first-order valence-corrected chi connectivity index (χ1v) is 4.73. The minimum atomic E-state index is 0.0984. The van der Waals surface area contributed by atoms with E-state index in [9.17, 15) is 9.59 Å². The van der Waals surface area contributed by atoms with E-state index in [2.05, 4.69) is 6.92 Å². The highest BCUT2D eigenvalue weighted by Crippen LogP contribution is 2.42. The highest BCUT2D eigenvalue weighted by atomic mass is 16.1. The summed E-state index contributed by atoms with van der Waals surface area (Å²) in [5.41, 5.74) is 0. The summed E-state index contributed by atoms with van der Waals surface area (Å²) >= 11 is 0. The van der Waals surface area contributed by atoms with Gasteiger partial charge in [-0.2, -0.15) is 0 Å². The van der Waals surface area contributed by atoms with E-state index in [4.69, 9.17) is 0 Å². The van der Waals surface area contributed by atoms with E-state index in [1.165, 1.54) is 0 Å². The van der Waals surface area contributed by atoms with E-state index < -0.39 is 0 Å². The summed E-state index contributed by atoms with van der Waals surface area (Å²) in [6.45, 7) is 2.14. The van der Waals surface area contributed by atoms with Gasteiger partial charge < -0.3 is 0 Å². The van der Waals surface area contributed by atoms with E-state index in [0.717, 1.165) is 6.42 Å². The molecule has 2 nitrogen and oxygen atoms in total. The highest BCUT2D eigenvalue weighted by Gasteiger charge is 2.43. The van der Waals surface area contributed by atoms with Crippen LogP contribution in [0, 0.1) is 17.8 Å². The van der Waals surface area contributed by atoms with Gasteiger partial charge in [0.15, 0.2) is 0 Å². The van der Waals surface area contributed by atoms with Crippen LogP contribution >= 0.6 is 0 Å². The third-order valence-electron chi connectivity index (χ3n) is 3.39. The van der Waals surface area contributed by atoms with Crippen LogP contribution in [0.15, 0.2) is 0 Å². The van der Waals surface area contributed by atoms with Gasteiger partial charge in [-0.05, 0) is 18.3 Å². The van der Waals surface area contributed by atoms with E-state index in [1.54, 1.807) is 0 Å². The Balaban J connectivity index is 2.17. The second kappa shape index (κ2) is 2.68. The van der Waals surface area contributed by atoms with E-state index >= 15 is 0 Å². The van der Waals surface area contributed by atoms with Crippen molar-refractivity contribution in [1.29, 1.82) is 0 Å². The zero-order valence-corrected chi connectivity index (χ0v) is 7.38. The molecule has 2 saturated carbocycles. The van der Waals surface area contributed by atoms with Gasteiger partial charge in [0.2, 0.25) is 0 Å². The summed E-state index contributed by atoms with van der Waals surface area (Å²) < 4.78 is 0. The third kappa shape index (κ3) is 1.10. The molecule has 3 atom stereocenters. The lowest BCUT2D eigenvalue weighted by atomic mass is 9.78. The first-order valence-electron chi connectivity index (χ1n) is 4.73. The average Bonchev–Trinajstić information content (AvgIpc) is 2.28. The van der Waals surface area contributed by atoms with E-state index in [1.807, 2.05) is 0 Å². The molecule has 66 valence electrons. The second-order valence-corrected chi connectivity index (χ2v) is 4.20. The fraction of sp³-hybridized carbons (Fsp3) is 0.800. The number of carbonyl (C=O) groups is 2. The van der Waals surface area contributed by atoms with Crippen LogP contribution in [-0.4, -0.2) is 11.6 Å². The Labute approximate surface area is 72.3 Å². The normalized spacial score (nSPS) is 41.6. The van der Waals surface area contributed by atoms with Crippen molar-refractivity contribution in [3.8, 4) is 0 Å². The summed E-state index contributed by atoms with van der Waals surface area (Å²) in [5.74, 6) is 1.77. The number of fused-ring (bicyclic) bond motifs is 1. The van der Waals surface area contributed by atoms with Gasteiger partial charge in [0.1, 0.15) is 11.6 Å². The van der Waals surface area contributed by atoms with Gasteiger partial charge in [-0.25, -0.2) is 0 Å². The molecule has 0 amide bonds. The van der Waals surface area contributed by atoms with Crippen LogP contribution in [-0.2, 0) is 9.59 Å². The van der Waals surface area contributed by atoms with Crippen molar-refractivity contribution in [2.24, 2.45) is 17.8 Å². The van der Waals surface area contributed by atoms with Gasteiger partial charge in [0, 0.05) is 25.2 Å². The molecule has 2 aliphatic rings. The minimum absolute atomic E-state index is 0.0984. The topological polar surface area (TPSA) is 34.1 Å². The summed E-state index contributed by atoms with van der Waals surface area (Å²) in [6, 6.07) is 0. The van der Waals surface area contributed by atoms with Crippen LogP contribution in [0.5, 0.6) is 0 Å². The van der Waals surface area contributed by atoms with Crippen LogP contribution in [0.1, 0.15) is 32.6 Å². The molecule has 2 unspecified atom stereocenters. The number of Topliss-reactive ketones (excluding diaryl/α,β-unsaturated/α-hetero) is 2. The minimum Gasteiger partial charge on any atom is -0.300 e. The molecule has 0 aromatic rings. The van der Waals surface area contributed by atoms with Crippen molar-refractivity contribution in [3.05, 3.63) is 0 Å². The molecule has 0 heterocycles. The molecule has 0 radical (unpaired) electrons. The van der Waals surface area contributed by atoms with Crippen LogP contribution in [0.4, 0.5) is 0 Å². The summed E-state index contributed by atoms with van der Waals surface area (Å²) in [7, 11) is 0. The Morgan fingerprint density at radius 1 is 1.25 bits per heavy atom. The van der Waals surface area contributed by atoms with Crippen molar-refractivity contribution in [2.75, 3.05) is 0 Å². The molecular formula is C10H14O2. The zero-order valence-electron chi connectivity index (χ0n) is 7.38. The monoisotopic (exact) mass is 166 g/mol. The van der Waals surface area contributed by atoms with Gasteiger partial charge in [-0.1, -0.05) is 6.92 Å². The average molecular weight is 166 g/mol. The summed E-state index contributed by atoms with van der Waals surface area (Å²) in [6.07, 6.45) is 2.91. The number of rotatable bonds is 0. The number of carbonyl (C=O) groups excluding carboxylic acids is 2. The Bertz CT molecular complexity index is 232. The Morgan fingerprint density at radius 3 is 2.75 bits per heavy atom. The van der Waals surface area contributed by atoms with E-state index in [-0.39, 0.29) is 5.92 Å². The predicted molar refractivity (Wildman–Crippen MR) is 44.6 cm³/mol. The van der Waals surface area contributed by atoms with Gasteiger partial charge in [-0.15, -0.1) is 0 Å². The summed E-state index contributed by atoms with van der Waals surface area (Å²) in [4.78, 5) is 22.5. The van der Waals surface area contributed by atoms with E-state index in [0.29, 0.717) is 42.7 Å². The Morgan fingerprint density at radius 2 is 2.00 bits per heavy atom. The molecule has 2 rings (SSSR count). The standard InChI is InChI=1S/C10H14O2/c1-6-4-10(12)9-5-7(11)2-3-8(6)9/h6,8-9H,2-5H2,1H3/t6-,8?,9?/m1/s1. The SMILES string of the molecule is C[C@@H]1CC(=O)C2CC(=O)CCC21. The fourth-order valence-electron chi connectivity index (χ4n) is 2.68. The maximum atomic E-state index is 11.4. The highest BCUT2D eigenvalue weighted by molar-refractivity contribution is 5.91. The van der Waals surface area contributed by atoms with Gasteiger partial charge in [0.25, 0.3) is 0 Å². The number of ketones is 2. The lowest BCUT2D eigenvalue weighted by Gasteiger charge is -2.25. The number of hydrogen-bond donors (Lipinski definition) is 0. The Hall–Kier alpha value is -0.660. The lowest BCUT2D eigenvalue weighted by Crippen LogP contribution is -2.26. The molecule has 2 fully saturated rings. The van der Waals surface area contributed by atoms with Crippen molar-refractivity contribution < 1.29 is 9.59 Å². The van der Waals surface area contributed by atoms with Crippen molar-refractivity contribution in [3.63, 3.8) is 0 Å². The molecule has 0 N–H and O–H groups in total.